The van der Waals surface area contributed by atoms with E-state index in [0.717, 1.165) is 24.3 Å². The first-order chi connectivity index (χ1) is 13.2. The molecule has 0 atom stereocenters. The van der Waals surface area contributed by atoms with Crippen molar-refractivity contribution in [2.45, 2.75) is 26.2 Å². The second-order valence-electron chi connectivity index (χ2n) is 6.74. The fourth-order valence-electron chi connectivity index (χ4n) is 3.40. The molecule has 0 radical (unpaired) electrons. The minimum Gasteiger partial charge on any atom is -0.370 e. The number of rotatable bonds is 4. The lowest BCUT2D eigenvalue weighted by Gasteiger charge is -2.28. The molecule has 6 nitrogen and oxygen atoms in total. The first kappa shape index (κ1) is 17.3. The van der Waals surface area contributed by atoms with Gasteiger partial charge in [0.1, 0.15) is 11.4 Å². The van der Waals surface area contributed by atoms with E-state index in [4.69, 9.17) is 4.52 Å². The monoisotopic (exact) mass is 362 g/mol. The van der Waals surface area contributed by atoms with Crippen LogP contribution in [0.15, 0.2) is 53.2 Å². The molecule has 3 heterocycles. The Labute approximate surface area is 158 Å². The van der Waals surface area contributed by atoms with Crippen LogP contribution in [0.5, 0.6) is 0 Å². The SMILES string of the molecule is Cc1noc(-c2ccccc2)c1C(=O)Nc1ccc(N2CCCCC2)cn1. The van der Waals surface area contributed by atoms with Gasteiger partial charge in [0.25, 0.3) is 5.91 Å². The minimum absolute atomic E-state index is 0.272. The van der Waals surface area contributed by atoms with E-state index in [9.17, 15) is 4.79 Å². The van der Waals surface area contributed by atoms with Crippen LogP contribution in [0.2, 0.25) is 0 Å². The van der Waals surface area contributed by atoms with Gasteiger partial charge in [-0.1, -0.05) is 35.5 Å². The summed E-state index contributed by atoms with van der Waals surface area (Å²) in [7, 11) is 0. The summed E-state index contributed by atoms with van der Waals surface area (Å²) in [5.41, 5.74) is 2.90. The predicted octanol–water partition coefficient (Wildman–Crippen LogP) is 4.29. The van der Waals surface area contributed by atoms with Crippen LogP contribution in [-0.4, -0.2) is 29.1 Å². The number of hydrogen-bond acceptors (Lipinski definition) is 5. The van der Waals surface area contributed by atoms with Crippen molar-refractivity contribution in [3.8, 4) is 11.3 Å². The summed E-state index contributed by atoms with van der Waals surface area (Å²) in [6.45, 7) is 3.89. The van der Waals surface area contributed by atoms with Crippen LogP contribution in [0.25, 0.3) is 11.3 Å². The first-order valence-electron chi connectivity index (χ1n) is 9.26. The summed E-state index contributed by atoms with van der Waals surface area (Å²) in [6.07, 6.45) is 5.54. The minimum atomic E-state index is -0.272. The molecule has 3 aromatic rings. The van der Waals surface area contributed by atoms with E-state index in [1.54, 1.807) is 6.92 Å². The topological polar surface area (TPSA) is 71.3 Å². The van der Waals surface area contributed by atoms with Gasteiger partial charge in [-0.15, -0.1) is 0 Å². The van der Waals surface area contributed by atoms with Gasteiger partial charge >= 0.3 is 0 Å². The van der Waals surface area contributed by atoms with Crippen molar-refractivity contribution in [3.05, 3.63) is 59.9 Å². The summed E-state index contributed by atoms with van der Waals surface area (Å²) in [5.74, 6) is 0.710. The third-order valence-electron chi connectivity index (χ3n) is 4.84. The van der Waals surface area contributed by atoms with E-state index in [0.29, 0.717) is 22.8 Å². The number of benzene rings is 1. The van der Waals surface area contributed by atoms with Crippen molar-refractivity contribution in [2.24, 2.45) is 0 Å². The third kappa shape index (κ3) is 3.69. The number of carbonyl (C=O) groups is 1. The lowest BCUT2D eigenvalue weighted by molar-refractivity contribution is 0.102. The normalized spacial score (nSPS) is 14.2. The second-order valence-corrected chi connectivity index (χ2v) is 6.74. The molecule has 0 aliphatic carbocycles. The Balaban J connectivity index is 1.52. The Hall–Kier alpha value is -3.15. The fraction of sp³-hybridized carbons (Fsp3) is 0.286. The average molecular weight is 362 g/mol. The molecule has 0 spiro atoms. The van der Waals surface area contributed by atoms with E-state index in [1.165, 1.54) is 19.3 Å². The molecule has 27 heavy (non-hydrogen) atoms. The molecule has 2 aromatic heterocycles. The highest BCUT2D eigenvalue weighted by atomic mass is 16.5. The maximum Gasteiger partial charge on any atom is 0.262 e. The molecule has 4 rings (SSSR count). The summed E-state index contributed by atoms with van der Waals surface area (Å²) in [5, 5.41) is 6.82. The predicted molar refractivity (Wildman–Crippen MR) is 105 cm³/mol. The van der Waals surface area contributed by atoms with Crippen molar-refractivity contribution in [1.29, 1.82) is 0 Å². The molecule has 1 N–H and O–H groups in total. The highest BCUT2D eigenvalue weighted by molar-refractivity contribution is 6.08. The molecule has 138 valence electrons. The van der Waals surface area contributed by atoms with Gasteiger partial charge in [0.05, 0.1) is 17.6 Å². The van der Waals surface area contributed by atoms with Crippen molar-refractivity contribution in [3.63, 3.8) is 0 Å². The van der Waals surface area contributed by atoms with Gasteiger partial charge in [-0.05, 0) is 38.3 Å². The zero-order chi connectivity index (χ0) is 18.6. The van der Waals surface area contributed by atoms with Crippen molar-refractivity contribution >= 4 is 17.4 Å². The Morgan fingerprint density at radius 1 is 1.07 bits per heavy atom. The summed E-state index contributed by atoms with van der Waals surface area (Å²) < 4.78 is 5.40. The maximum atomic E-state index is 12.8. The van der Waals surface area contributed by atoms with Crippen LogP contribution in [0.4, 0.5) is 11.5 Å². The maximum absolute atomic E-state index is 12.8. The standard InChI is InChI=1S/C21H22N4O2/c1-15-19(20(27-24-15)16-8-4-2-5-9-16)21(26)23-18-11-10-17(14-22-18)25-12-6-3-7-13-25/h2,4-5,8-11,14H,3,6-7,12-13H2,1H3,(H,22,23,26). The lowest BCUT2D eigenvalue weighted by atomic mass is 10.1. The van der Waals surface area contributed by atoms with Gasteiger partial charge in [0.15, 0.2) is 5.76 Å². The number of anilines is 2. The molecular formula is C21H22N4O2. The number of nitrogens with zero attached hydrogens (tertiary/aromatic N) is 3. The number of nitrogens with one attached hydrogen (secondary N) is 1. The zero-order valence-corrected chi connectivity index (χ0v) is 15.3. The second kappa shape index (κ2) is 7.61. The number of carbonyl (C=O) groups excluding carboxylic acids is 1. The summed E-state index contributed by atoms with van der Waals surface area (Å²) >= 11 is 0. The summed E-state index contributed by atoms with van der Waals surface area (Å²) in [6, 6.07) is 13.3. The number of aryl methyl sites for hydroxylation is 1. The number of hydrogen-bond donors (Lipinski definition) is 1. The van der Waals surface area contributed by atoms with Gasteiger partial charge < -0.3 is 14.7 Å². The molecule has 1 aliphatic rings. The highest BCUT2D eigenvalue weighted by Crippen LogP contribution is 2.27. The van der Waals surface area contributed by atoms with Gasteiger partial charge in [-0.25, -0.2) is 4.98 Å². The van der Waals surface area contributed by atoms with Crippen LogP contribution >= 0.6 is 0 Å². The molecule has 1 aliphatic heterocycles. The Kier molecular flexibility index (Phi) is 4.87. The average Bonchev–Trinajstić information content (AvgIpc) is 3.11. The van der Waals surface area contributed by atoms with Gasteiger partial charge in [-0.3, -0.25) is 4.79 Å². The quantitative estimate of drug-likeness (QED) is 0.750. The Morgan fingerprint density at radius 2 is 1.85 bits per heavy atom. The van der Waals surface area contributed by atoms with Crippen LogP contribution in [0.3, 0.4) is 0 Å². The van der Waals surface area contributed by atoms with Crippen LogP contribution < -0.4 is 10.2 Å². The molecule has 6 heteroatoms. The van der Waals surface area contributed by atoms with E-state index in [2.05, 4.69) is 20.4 Å². The molecular weight excluding hydrogens is 340 g/mol. The van der Waals surface area contributed by atoms with Crippen LogP contribution in [-0.2, 0) is 0 Å². The molecule has 1 fully saturated rings. The molecule has 1 aromatic carbocycles. The van der Waals surface area contributed by atoms with Gasteiger partial charge in [0.2, 0.25) is 0 Å². The fourth-order valence-corrected chi connectivity index (χ4v) is 3.40. The Morgan fingerprint density at radius 3 is 2.56 bits per heavy atom. The van der Waals surface area contributed by atoms with Gasteiger partial charge in [0, 0.05) is 18.7 Å². The van der Waals surface area contributed by atoms with E-state index in [-0.39, 0.29) is 5.91 Å². The van der Waals surface area contributed by atoms with E-state index in [1.807, 2.05) is 48.7 Å². The summed E-state index contributed by atoms with van der Waals surface area (Å²) in [4.78, 5) is 19.6. The molecule has 1 saturated heterocycles. The lowest BCUT2D eigenvalue weighted by Crippen LogP contribution is -2.29. The number of pyridine rings is 1. The number of piperidine rings is 1. The van der Waals surface area contributed by atoms with E-state index < -0.39 is 0 Å². The van der Waals surface area contributed by atoms with Crippen molar-refractivity contribution < 1.29 is 9.32 Å². The largest absolute Gasteiger partial charge is 0.370 e. The van der Waals surface area contributed by atoms with Crippen LogP contribution in [0.1, 0.15) is 35.3 Å². The first-order valence-corrected chi connectivity index (χ1v) is 9.26. The molecule has 0 unspecified atom stereocenters. The smallest absolute Gasteiger partial charge is 0.262 e. The molecule has 0 bridgehead atoms. The number of amides is 1. The third-order valence-corrected chi connectivity index (χ3v) is 4.84. The number of aromatic nitrogens is 2. The van der Waals surface area contributed by atoms with Crippen LogP contribution in [0, 0.1) is 6.92 Å². The Bertz CT molecular complexity index is 913. The molecule has 0 saturated carbocycles. The van der Waals surface area contributed by atoms with Crippen molar-refractivity contribution in [2.75, 3.05) is 23.3 Å². The van der Waals surface area contributed by atoms with E-state index >= 15 is 0 Å². The zero-order valence-electron chi connectivity index (χ0n) is 15.3. The molecule has 1 amide bonds. The van der Waals surface area contributed by atoms with Crippen molar-refractivity contribution in [1.82, 2.24) is 10.1 Å². The highest BCUT2D eigenvalue weighted by Gasteiger charge is 2.22. The van der Waals surface area contributed by atoms with Gasteiger partial charge in [-0.2, -0.15) is 0 Å².